The Labute approximate surface area is 255 Å². The van der Waals surface area contributed by atoms with Gasteiger partial charge in [0.1, 0.15) is 0 Å². The number of rotatable bonds is 10. The molecule has 0 saturated carbocycles. The summed E-state index contributed by atoms with van der Waals surface area (Å²) >= 11 is 0. The minimum Gasteiger partial charge on any atom is -0.396 e. The molecule has 0 aliphatic carbocycles. The van der Waals surface area contributed by atoms with E-state index >= 15 is 0 Å². The zero-order valence-electron chi connectivity index (χ0n) is 25.9. The van der Waals surface area contributed by atoms with Gasteiger partial charge in [-0.15, -0.1) is 0 Å². The Morgan fingerprint density at radius 1 is 1.07 bits per heavy atom. The fraction of sp³-hybridized carbons (Fsp3) is 0.588. The highest BCUT2D eigenvalue weighted by molar-refractivity contribution is 5.99. The van der Waals surface area contributed by atoms with Gasteiger partial charge in [-0.3, -0.25) is 14.5 Å². The molecule has 3 aliphatic rings. The first-order valence-corrected chi connectivity index (χ1v) is 16.0. The SMILES string of the molecule is CCN(c1cc(-c2ccc(CN3CCOCC3)cc2)cc(C(=O)NCC2C(=O)NC(C)CC2CO)c1C)C1CCOCC1. The van der Waals surface area contributed by atoms with E-state index in [9.17, 15) is 14.7 Å². The van der Waals surface area contributed by atoms with Crippen molar-refractivity contribution >= 4 is 17.5 Å². The Kier molecular flexibility index (Phi) is 10.7. The molecular formula is C34H48N4O5. The van der Waals surface area contributed by atoms with Gasteiger partial charge in [-0.05, 0) is 80.3 Å². The van der Waals surface area contributed by atoms with Gasteiger partial charge >= 0.3 is 0 Å². The molecule has 5 rings (SSSR count). The number of amides is 2. The number of anilines is 1. The van der Waals surface area contributed by atoms with Gasteiger partial charge in [0.25, 0.3) is 5.91 Å². The van der Waals surface area contributed by atoms with Gasteiger partial charge in [0.05, 0.1) is 19.1 Å². The Bertz CT molecular complexity index is 1240. The molecule has 2 aromatic rings. The average Bonchev–Trinajstić information content (AvgIpc) is 3.02. The van der Waals surface area contributed by atoms with Gasteiger partial charge in [-0.25, -0.2) is 0 Å². The van der Waals surface area contributed by atoms with Crippen molar-refractivity contribution in [1.29, 1.82) is 0 Å². The summed E-state index contributed by atoms with van der Waals surface area (Å²) < 4.78 is 11.1. The average molecular weight is 593 g/mol. The molecule has 3 N–H and O–H groups in total. The van der Waals surface area contributed by atoms with Crippen LogP contribution in [0.1, 0.15) is 54.6 Å². The number of aliphatic hydroxyl groups is 1. The number of hydrogen-bond donors (Lipinski definition) is 3. The van der Waals surface area contributed by atoms with E-state index in [4.69, 9.17) is 9.47 Å². The van der Waals surface area contributed by atoms with Gasteiger partial charge in [0, 0.05) is 75.9 Å². The summed E-state index contributed by atoms with van der Waals surface area (Å²) in [5.74, 6) is -0.942. The molecule has 0 aromatic heterocycles. The third kappa shape index (κ3) is 7.58. The lowest BCUT2D eigenvalue weighted by Crippen LogP contribution is -2.51. The molecule has 43 heavy (non-hydrogen) atoms. The van der Waals surface area contributed by atoms with Crippen molar-refractivity contribution in [1.82, 2.24) is 15.5 Å². The molecule has 2 amide bonds. The second-order valence-electron chi connectivity index (χ2n) is 12.3. The number of ether oxygens (including phenoxy) is 2. The molecule has 3 heterocycles. The quantitative estimate of drug-likeness (QED) is 0.389. The number of benzene rings is 2. The molecule has 0 bridgehead atoms. The fourth-order valence-corrected chi connectivity index (χ4v) is 6.84. The fourth-order valence-electron chi connectivity index (χ4n) is 6.84. The topological polar surface area (TPSA) is 103 Å². The molecule has 9 heteroatoms. The summed E-state index contributed by atoms with van der Waals surface area (Å²) in [5, 5.41) is 16.0. The van der Waals surface area contributed by atoms with Crippen LogP contribution in [0.15, 0.2) is 36.4 Å². The second kappa shape index (κ2) is 14.7. The van der Waals surface area contributed by atoms with Crippen LogP contribution in [-0.2, 0) is 20.8 Å². The highest BCUT2D eigenvalue weighted by Gasteiger charge is 2.35. The maximum absolute atomic E-state index is 13.8. The smallest absolute Gasteiger partial charge is 0.251 e. The van der Waals surface area contributed by atoms with Crippen molar-refractivity contribution in [2.45, 2.75) is 58.7 Å². The van der Waals surface area contributed by atoms with E-state index in [1.165, 1.54) is 5.56 Å². The summed E-state index contributed by atoms with van der Waals surface area (Å²) in [4.78, 5) is 31.4. The Hall–Kier alpha value is -2.98. The molecule has 3 aliphatic heterocycles. The van der Waals surface area contributed by atoms with Crippen LogP contribution in [0.2, 0.25) is 0 Å². The highest BCUT2D eigenvalue weighted by atomic mass is 16.5. The van der Waals surface area contributed by atoms with Crippen molar-refractivity contribution in [3.63, 3.8) is 0 Å². The lowest BCUT2D eigenvalue weighted by molar-refractivity contribution is -0.130. The first-order valence-electron chi connectivity index (χ1n) is 16.0. The summed E-state index contributed by atoms with van der Waals surface area (Å²) in [6, 6.07) is 13.2. The number of hydrogen-bond acceptors (Lipinski definition) is 7. The van der Waals surface area contributed by atoms with Crippen LogP contribution < -0.4 is 15.5 Å². The maximum Gasteiger partial charge on any atom is 0.251 e. The lowest BCUT2D eigenvalue weighted by atomic mass is 9.83. The van der Waals surface area contributed by atoms with Crippen LogP contribution in [0.5, 0.6) is 0 Å². The number of carbonyl (C=O) groups is 2. The number of morpholine rings is 1. The van der Waals surface area contributed by atoms with E-state index in [0.29, 0.717) is 18.0 Å². The maximum atomic E-state index is 13.8. The van der Waals surface area contributed by atoms with E-state index in [2.05, 4.69) is 57.7 Å². The monoisotopic (exact) mass is 592 g/mol. The van der Waals surface area contributed by atoms with Crippen molar-refractivity contribution in [3.8, 4) is 11.1 Å². The standard InChI is InChI=1S/C34H48N4O5/c1-4-38(29-9-13-42-14-10-29)32-19-27(26-7-5-25(6-8-26)21-37-11-15-43-16-12-37)18-30(24(32)3)33(40)35-20-31-28(22-39)17-23(2)36-34(31)41/h5-8,18-19,23,28-29,31,39H,4,9-17,20-22H2,1-3H3,(H,35,40)(H,36,41). The van der Waals surface area contributed by atoms with E-state index in [0.717, 1.165) is 87.8 Å². The Morgan fingerprint density at radius 2 is 1.77 bits per heavy atom. The largest absolute Gasteiger partial charge is 0.396 e. The predicted molar refractivity (Wildman–Crippen MR) is 168 cm³/mol. The number of nitrogens with one attached hydrogen (secondary N) is 2. The number of aliphatic hydroxyl groups excluding tert-OH is 1. The molecule has 0 radical (unpaired) electrons. The van der Waals surface area contributed by atoms with Gasteiger partial charge in [-0.1, -0.05) is 24.3 Å². The van der Waals surface area contributed by atoms with Gasteiger partial charge in [0.2, 0.25) is 5.91 Å². The first kappa shape index (κ1) is 31.4. The minimum absolute atomic E-state index is 0.0172. The predicted octanol–water partition coefficient (Wildman–Crippen LogP) is 3.36. The molecular weight excluding hydrogens is 544 g/mol. The molecule has 234 valence electrons. The zero-order chi connectivity index (χ0) is 30.3. The molecule has 9 nitrogen and oxygen atoms in total. The first-order chi connectivity index (χ1) is 20.9. The van der Waals surface area contributed by atoms with Crippen molar-refractivity contribution in [2.24, 2.45) is 11.8 Å². The number of carbonyl (C=O) groups excluding carboxylic acids is 2. The van der Waals surface area contributed by atoms with Crippen LogP contribution >= 0.6 is 0 Å². The lowest BCUT2D eigenvalue weighted by Gasteiger charge is -2.37. The van der Waals surface area contributed by atoms with Gasteiger partial charge in [-0.2, -0.15) is 0 Å². The zero-order valence-corrected chi connectivity index (χ0v) is 25.9. The third-order valence-corrected chi connectivity index (χ3v) is 9.37. The third-order valence-electron chi connectivity index (χ3n) is 9.37. The molecule has 3 fully saturated rings. The minimum atomic E-state index is -0.457. The normalized spacial score (nSPS) is 23.5. The van der Waals surface area contributed by atoms with Gasteiger partial charge in [0.15, 0.2) is 0 Å². The molecule has 2 aromatic carbocycles. The van der Waals surface area contributed by atoms with Crippen LogP contribution in [0.3, 0.4) is 0 Å². The van der Waals surface area contributed by atoms with E-state index < -0.39 is 5.92 Å². The van der Waals surface area contributed by atoms with Crippen LogP contribution in [0, 0.1) is 18.8 Å². The summed E-state index contributed by atoms with van der Waals surface area (Å²) in [7, 11) is 0. The van der Waals surface area contributed by atoms with Crippen LogP contribution in [-0.4, -0.2) is 93.1 Å². The summed E-state index contributed by atoms with van der Waals surface area (Å²) in [5.41, 5.74) is 5.91. The van der Waals surface area contributed by atoms with E-state index in [-0.39, 0.29) is 36.9 Å². The number of nitrogens with zero attached hydrogens (tertiary/aromatic N) is 2. The van der Waals surface area contributed by atoms with Crippen molar-refractivity contribution in [3.05, 3.63) is 53.1 Å². The van der Waals surface area contributed by atoms with Crippen LogP contribution in [0.25, 0.3) is 11.1 Å². The van der Waals surface area contributed by atoms with Gasteiger partial charge < -0.3 is 30.1 Å². The summed E-state index contributed by atoms with van der Waals surface area (Å²) in [6.45, 7) is 12.9. The highest BCUT2D eigenvalue weighted by Crippen LogP contribution is 2.34. The molecule has 0 spiro atoms. The van der Waals surface area contributed by atoms with E-state index in [1.807, 2.05) is 19.9 Å². The van der Waals surface area contributed by atoms with Crippen molar-refractivity contribution in [2.75, 3.05) is 64.1 Å². The molecule has 3 atom stereocenters. The summed E-state index contributed by atoms with van der Waals surface area (Å²) in [6.07, 6.45) is 2.60. The Balaban J connectivity index is 1.42. The second-order valence-corrected chi connectivity index (χ2v) is 12.3. The molecule has 3 unspecified atom stereocenters. The van der Waals surface area contributed by atoms with E-state index in [1.54, 1.807) is 0 Å². The van der Waals surface area contributed by atoms with Crippen LogP contribution in [0.4, 0.5) is 5.69 Å². The Morgan fingerprint density at radius 3 is 2.44 bits per heavy atom. The van der Waals surface area contributed by atoms with Crippen molar-refractivity contribution < 1.29 is 24.2 Å². The molecule has 3 saturated heterocycles. The number of piperidine rings is 1.